The molecule has 0 aliphatic rings. The van der Waals surface area contributed by atoms with E-state index in [1.54, 1.807) is 6.92 Å². The second-order valence-electron chi connectivity index (χ2n) is 3.88. The van der Waals surface area contributed by atoms with Crippen molar-refractivity contribution in [2.75, 3.05) is 13.2 Å². The van der Waals surface area contributed by atoms with E-state index in [0.717, 1.165) is 6.92 Å². The molecule has 20 heavy (non-hydrogen) atoms. The van der Waals surface area contributed by atoms with E-state index < -0.39 is 42.3 Å². The molecule has 0 aliphatic carbocycles. The number of rotatable bonds is 7. The van der Waals surface area contributed by atoms with Crippen molar-refractivity contribution in [3.8, 4) is 0 Å². The molecule has 0 heterocycles. The molecule has 0 aromatic rings. The Labute approximate surface area is 116 Å². The predicted octanol–water partition coefficient (Wildman–Crippen LogP) is -0.286. The fourth-order valence-corrected chi connectivity index (χ4v) is 1.36. The Kier molecular flexibility index (Phi) is 7.45. The maximum atomic E-state index is 11.7. The van der Waals surface area contributed by atoms with Crippen molar-refractivity contribution in [2.45, 2.75) is 39.2 Å². The number of carbonyl (C=O) groups excluding carboxylic acids is 4. The highest BCUT2D eigenvalue weighted by atomic mass is 16.6. The van der Waals surface area contributed by atoms with Crippen LogP contribution < -0.4 is 0 Å². The summed E-state index contributed by atoms with van der Waals surface area (Å²) >= 11 is 0. The zero-order chi connectivity index (χ0) is 15.8. The molecule has 0 radical (unpaired) electrons. The smallest absolute Gasteiger partial charge is 0.339 e. The Morgan fingerprint density at radius 3 is 1.90 bits per heavy atom. The van der Waals surface area contributed by atoms with Crippen molar-refractivity contribution in [1.82, 2.24) is 0 Å². The fourth-order valence-electron chi connectivity index (χ4n) is 1.36. The van der Waals surface area contributed by atoms with Crippen LogP contribution in [-0.2, 0) is 33.4 Å². The summed E-state index contributed by atoms with van der Waals surface area (Å²) in [5, 5.41) is 10.1. The second kappa shape index (κ2) is 8.26. The zero-order valence-electron chi connectivity index (χ0n) is 11.6. The topological polar surface area (TPSA) is 116 Å². The lowest BCUT2D eigenvalue weighted by atomic mass is 9.95. The highest BCUT2D eigenvalue weighted by molar-refractivity contribution is 5.92. The predicted molar refractivity (Wildman–Crippen MR) is 64.2 cm³/mol. The Morgan fingerprint density at radius 1 is 0.950 bits per heavy atom. The molecule has 0 saturated carbocycles. The van der Waals surface area contributed by atoms with Gasteiger partial charge >= 0.3 is 23.9 Å². The van der Waals surface area contributed by atoms with Crippen LogP contribution in [0.5, 0.6) is 0 Å². The van der Waals surface area contributed by atoms with Crippen LogP contribution >= 0.6 is 0 Å². The third-order valence-electron chi connectivity index (χ3n) is 2.09. The number of esters is 4. The standard InChI is InChI=1S/C12H18O8/c1-4-18-9(14)6-12(17,11(16)19-5-2)7-10(15)20-8(3)13/h17H,4-7H2,1-3H3. The summed E-state index contributed by atoms with van der Waals surface area (Å²) in [6.07, 6.45) is -1.66. The molecule has 0 aromatic carbocycles. The lowest BCUT2D eigenvalue weighted by molar-refractivity contribution is -0.178. The number of ether oxygens (including phenoxy) is 3. The minimum absolute atomic E-state index is 0.0499. The first-order chi connectivity index (χ1) is 9.25. The van der Waals surface area contributed by atoms with Gasteiger partial charge in [0.2, 0.25) is 0 Å². The molecule has 1 N–H and O–H groups in total. The minimum Gasteiger partial charge on any atom is -0.466 e. The van der Waals surface area contributed by atoms with E-state index in [1.807, 2.05) is 0 Å². The SMILES string of the molecule is CCOC(=O)CC(O)(CC(=O)OC(C)=O)C(=O)OCC. The molecule has 1 atom stereocenters. The van der Waals surface area contributed by atoms with Crippen molar-refractivity contribution in [1.29, 1.82) is 0 Å². The Morgan fingerprint density at radius 2 is 1.45 bits per heavy atom. The number of hydrogen-bond donors (Lipinski definition) is 1. The molecule has 114 valence electrons. The summed E-state index contributed by atoms with van der Waals surface area (Å²) in [7, 11) is 0. The van der Waals surface area contributed by atoms with Crippen molar-refractivity contribution in [3.05, 3.63) is 0 Å². The molecule has 0 saturated heterocycles. The van der Waals surface area contributed by atoms with Crippen LogP contribution in [0.4, 0.5) is 0 Å². The summed E-state index contributed by atoms with van der Waals surface area (Å²) in [6.45, 7) is 4.04. The van der Waals surface area contributed by atoms with E-state index in [1.165, 1.54) is 6.92 Å². The van der Waals surface area contributed by atoms with Gasteiger partial charge in [-0.15, -0.1) is 0 Å². The van der Waals surface area contributed by atoms with Crippen LogP contribution in [0, 0.1) is 0 Å². The van der Waals surface area contributed by atoms with Crippen LogP contribution in [0.3, 0.4) is 0 Å². The normalized spacial score (nSPS) is 13.0. The number of aliphatic hydroxyl groups is 1. The van der Waals surface area contributed by atoms with Gasteiger partial charge in [-0.2, -0.15) is 0 Å². The first kappa shape index (κ1) is 18.0. The van der Waals surface area contributed by atoms with Gasteiger partial charge in [0.1, 0.15) is 0 Å². The molecule has 8 heteroatoms. The van der Waals surface area contributed by atoms with Crippen molar-refractivity contribution in [3.63, 3.8) is 0 Å². The average Bonchev–Trinajstić information content (AvgIpc) is 2.27. The minimum atomic E-state index is -2.42. The maximum Gasteiger partial charge on any atom is 0.339 e. The van der Waals surface area contributed by atoms with Gasteiger partial charge in [-0.25, -0.2) is 4.79 Å². The monoisotopic (exact) mass is 290 g/mol. The molecular formula is C12H18O8. The van der Waals surface area contributed by atoms with Crippen LogP contribution in [0.25, 0.3) is 0 Å². The van der Waals surface area contributed by atoms with Gasteiger partial charge in [0.25, 0.3) is 0 Å². The summed E-state index contributed by atoms with van der Waals surface area (Å²) in [4.78, 5) is 45.0. The average molecular weight is 290 g/mol. The number of hydrogen-bond acceptors (Lipinski definition) is 8. The number of carbonyl (C=O) groups is 4. The molecule has 0 spiro atoms. The van der Waals surface area contributed by atoms with Gasteiger partial charge in [-0.05, 0) is 13.8 Å². The Balaban J connectivity index is 4.95. The van der Waals surface area contributed by atoms with E-state index >= 15 is 0 Å². The van der Waals surface area contributed by atoms with E-state index in [4.69, 9.17) is 0 Å². The molecule has 0 amide bonds. The maximum absolute atomic E-state index is 11.7. The van der Waals surface area contributed by atoms with E-state index in [0.29, 0.717) is 0 Å². The molecule has 0 aromatic heterocycles. The first-order valence-electron chi connectivity index (χ1n) is 6.01. The first-order valence-corrected chi connectivity index (χ1v) is 6.01. The van der Waals surface area contributed by atoms with Crippen LogP contribution in [0.1, 0.15) is 33.6 Å². The molecular weight excluding hydrogens is 272 g/mol. The van der Waals surface area contributed by atoms with Gasteiger partial charge in [-0.1, -0.05) is 0 Å². The van der Waals surface area contributed by atoms with Crippen molar-refractivity contribution in [2.24, 2.45) is 0 Å². The molecule has 0 fully saturated rings. The molecule has 0 aliphatic heterocycles. The highest BCUT2D eigenvalue weighted by Crippen LogP contribution is 2.19. The Hall–Kier alpha value is -1.96. The third-order valence-corrected chi connectivity index (χ3v) is 2.09. The van der Waals surface area contributed by atoms with Gasteiger partial charge in [0.15, 0.2) is 5.60 Å². The summed E-state index contributed by atoms with van der Waals surface area (Å²) in [5.41, 5.74) is -2.42. The zero-order valence-corrected chi connectivity index (χ0v) is 11.6. The highest BCUT2D eigenvalue weighted by Gasteiger charge is 2.43. The fraction of sp³-hybridized carbons (Fsp3) is 0.667. The summed E-state index contributed by atoms with van der Waals surface area (Å²) < 4.78 is 13.4. The lowest BCUT2D eigenvalue weighted by Gasteiger charge is -2.23. The lowest BCUT2D eigenvalue weighted by Crippen LogP contribution is -2.45. The second-order valence-corrected chi connectivity index (χ2v) is 3.88. The summed E-state index contributed by atoms with van der Waals surface area (Å²) in [5.74, 6) is -4.07. The Bertz CT molecular complexity index is 389. The largest absolute Gasteiger partial charge is 0.466 e. The van der Waals surface area contributed by atoms with E-state index in [2.05, 4.69) is 14.2 Å². The summed E-state index contributed by atoms with van der Waals surface area (Å²) in [6, 6.07) is 0. The molecule has 0 rings (SSSR count). The third kappa shape index (κ3) is 6.28. The molecule has 1 unspecified atom stereocenters. The van der Waals surface area contributed by atoms with Gasteiger partial charge in [0, 0.05) is 6.92 Å². The van der Waals surface area contributed by atoms with Crippen molar-refractivity contribution >= 4 is 23.9 Å². The van der Waals surface area contributed by atoms with Crippen molar-refractivity contribution < 1.29 is 38.5 Å². The molecule has 8 nitrogen and oxygen atoms in total. The van der Waals surface area contributed by atoms with Crippen LogP contribution in [0.15, 0.2) is 0 Å². The van der Waals surface area contributed by atoms with E-state index in [-0.39, 0.29) is 13.2 Å². The van der Waals surface area contributed by atoms with E-state index in [9.17, 15) is 24.3 Å². The van der Waals surface area contributed by atoms with Gasteiger partial charge in [0.05, 0.1) is 26.1 Å². The van der Waals surface area contributed by atoms with Gasteiger partial charge < -0.3 is 19.3 Å². The van der Waals surface area contributed by atoms with Gasteiger partial charge in [-0.3, -0.25) is 14.4 Å². The van der Waals surface area contributed by atoms with Crippen LogP contribution in [0.2, 0.25) is 0 Å². The quantitative estimate of drug-likeness (QED) is 0.386. The van der Waals surface area contributed by atoms with Crippen LogP contribution in [-0.4, -0.2) is 47.8 Å². The molecule has 0 bridgehead atoms.